The first-order valence-corrected chi connectivity index (χ1v) is 5.25. The van der Waals surface area contributed by atoms with Crippen molar-refractivity contribution in [3.05, 3.63) is 35.2 Å². The molecule has 2 rings (SSSR count). The van der Waals surface area contributed by atoms with Gasteiger partial charge in [0.1, 0.15) is 17.4 Å². The maximum atomic E-state index is 12.9. The monoisotopic (exact) mass is 298 g/mol. The molecule has 0 unspecified atom stereocenters. The highest BCUT2D eigenvalue weighted by molar-refractivity contribution is 5.91. The second kappa shape index (κ2) is 4.78. The number of carboxylic acid groups (broad SMARTS) is 1. The van der Waals surface area contributed by atoms with E-state index in [1.807, 2.05) is 0 Å². The van der Waals surface area contributed by atoms with Crippen molar-refractivity contribution in [3.8, 4) is 17.5 Å². The number of alkyl halides is 3. The van der Waals surface area contributed by atoms with Crippen LogP contribution in [0.5, 0.6) is 5.75 Å². The predicted molar refractivity (Wildman–Crippen MR) is 59.7 cm³/mol. The maximum Gasteiger partial charge on any atom is 0.436 e. The van der Waals surface area contributed by atoms with Gasteiger partial charge >= 0.3 is 12.1 Å². The molecule has 0 fully saturated rings. The molecule has 0 amide bonds. The van der Waals surface area contributed by atoms with Gasteiger partial charge in [0.25, 0.3) is 0 Å². The van der Waals surface area contributed by atoms with Crippen molar-refractivity contribution in [2.24, 2.45) is 0 Å². The summed E-state index contributed by atoms with van der Waals surface area (Å²) in [6, 6.07) is 3.99. The summed E-state index contributed by atoms with van der Waals surface area (Å²) in [6.07, 6.45) is -4.91. The Balaban J connectivity index is 2.69. The predicted octanol–water partition coefficient (Wildman–Crippen LogP) is 1.56. The Bertz CT molecular complexity index is 761. The molecule has 7 nitrogen and oxygen atoms in total. The summed E-state index contributed by atoms with van der Waals surface area (Å²) in [4.78, 5) is 10.9. The van der Waals surface area contributed by atoms with Gasteiger partial charge in [0.2, 0.25) is 0 Å². The van der Waals surface area contributed by atoms with Gasteiger partial charge in [-0.2, -0.15) is 18.4 Å². The highest BCUT2D eigenvalue weighted by Crippen LogP contribution is 2.33. The third-order valence-corrected chi connectivity index (χ3v) is 2.50. The van der Waals surface area contributed by atoms with Crippen molar-refractivity contribution in [2.45, 2.75) is 6.18 Å². The lowest BCUT2D eigenvalue weighted by atomic mass is 10.1. The zero-order valence-electron chi connectivity index (χ0n) is 9.96. The van der Waals surface area contributed by atoms with Crippen molar-refractivity contribution < 1.29 is 28.2 Å². The van der Waals surface area contributed by atoms with E-state index < -0.39 is 34.8 Å². The number of nitriles is 1. The van der Waals surface area contributed by atoms with Crippen LogP contribution in [0.15, 0.2) is 18.2 Å². The zero-order chi connectivity index (χ0) is 15.8. The Morgan fingerprint density at radius 1 is 1.38 bits per heavy atom. The molecule has 2 N–H and O–H groups in total. The molecule has 2 aromatic rings. The minimum atomic E-state index is -4.91. The Morgan fingerprint density at radius 3 is 2.57 bits per heavy atom. The number of hydrogen-bond donors (Lipinski definition) is 2. The van der Waals surface area contributed by atoms with Gasteiger partial charge in [0.05, 0.1) is 5.69 Å². The summed E-state index contributed by atoms with van der Waals surface area (Å²) in [7, 11) is 0. The second-order valence-electron chi connectivity index (χ2n) is 3.81. The molecule has 0 spiro atoms. The summed E-state index contributed by atoms with van der Waals surface area (Å²) in [5.41, 5.74) is -3.26. The van der Waals surface area contributed by atoms with Gasteiger partial charge in [0.15, 0.2) is 11.4 Å². The number of halogens is 3. The van der Waals surface area contributed by atoms with E-state index in [2.05, 4.69) is 10.3 Å². The Morgan fingerprint density at radius 2 is 2.05 bits per heavy atom. The number of benzene rings is 1. The second-order valence-corrected chi connectivity index (χ2v) is 3.81. The van der Waals surface area contributed by atoms with Crippen LogP contribution in [0, 0.1) is 11.3 Å². The molecule has 108 valence electrons. The average molecular weight is 298 g/mol. The van der Waals surface area contributed by atoms with Crippen LogP contribution in [0.25, 0.3) is 5.69 Å². The SMILES string of the molecule is N#Cc1nnn(-c2ccc(O)c(C(=O)O)c2)c1C(F)(F)F. The van der Waals surface area contributed by atoms with Crippen molar-refractivity contribution >= 4 is 5.97 Å². The highest BCUT2D eigenvalue weighted by Gasteiger charge is 2.40. The van der Waals surface area contributed by atoms with Crippen molar-refractivity contribution in [2.75, 3.05) is 0 Å². The maximum absolute atomic E-state index is 12.9. The molecule has 0 bridgehead atoms. The topological polar surface area (TPSA) is 112 Å². The third-order valence-electron chi connectivity index (χ3n) is 2.50. The van der Waals surface area contributed by atoms with E-state index in [0.29, 0.717) is 4.68 Å². The number of carbonyl (C=O) groups is 1. The Hall–Kier alpha value is -3.09. The standard InChI is InChI=1S/C11H5F3N4O3/c12-11(13,14)9-7(4-15)16-17-18(9)5-1-2-8(19)6(3-5)10(20)21/h1-3,19H,(H,20,21). The average Bonchev–Trinajstić information content (AvgIpc) is 2.82. The van der Waals surface area contributed by atoms with Crippen LogP contribution < -0.4 is 0 Å². The summed E-state index contributed by atoms with van der Waals surface area (Å²) in [6.45, 7) is 0. The third kappa shape index (κ3) is 2.48. The van der Waals surface area contributed by atoms with Gasteiger partial charge in [-0.15, -0.1) is 5.10 Å². The molecule has 1 heterocycles. The first kappa shape index (κ1) is 14.3. The molecule has 0 saturated carbocycles. The number of hydrogen-bond acceptors (Lipinski definition) is 5. The van der Waals surface area contributed by atoms with Gasteiger partial charge in [-0.05, 0) is 18.2 Å². The summed E-state index contributed by atoms with van der Waals surface area (Å²) in [5, 5.41) is 33.1. The molecule has 0 aliphatic carbocycles. The molecule has 0 saturated heterocycles. The van der Waals surface area contributed by atoms with E-state index in [4.69, 9.17) is 10.4 Å². The lowest BCUT2D eigenvalue weighted by molar-refractivity contribution is -0.143. The number of aromatic hydroxyl groups is 1. The lowest BCUT2D eigenvalue weighted by Gasteiger charge is -2.10. The van der Waals surface area contributed by atoms with Gasteiger partial charge < -0.3 is 10.2 Å². The number of carboxylic acids is 1. The molecule has 1 aromatic heterocycles. The van der Waals surface area contributed by atoms with Gasteiger partial charge in [0, 0.05) is 0 Å². The van der Waals surface area contributed by atoms with Crippen LogP contribution in [0.1, 0.15) is 21.7 Å². The minimum absolute atomic E-state index is 0.296. The van der Waals surface area contributed by atoms with Crippen LogP contribution >= 0.6 is 0 Å². The van der Waals surface area contributed by atoms with Gasteiger partial charge in [-0.3, -0.25) is 0 Å². The molecule has 0 radical (unpaired) electrons. The molecule has 0 aliphatic heterocycles. The number of aromatic carboxylic acids is 1. The molecule has 0 atom stereocenters. The Labute approximate surface area is 114 Å². The van der Waals surface area contributed by atoms with Crippen LogP contribution in [0.4, 0.5) is 13.2 Å². The smallest absolute Gasteiger partial charge is 0.436 e. The lowest BCUT2D eigenvalue weighted by Crippen LogP contribution is -2.15. The number of aromatic nitrogens is 3. The summed E-state index contributed by atoms with van der Waals surface area (Å²) in [5.74, 6) is -2.14. The van der Waals surface area contributed by atoms with E-state index in [0.717, 1.165) is 18.2 Å². The molecular formula is C11H5F3N4O3. The van der Waals surface area contributed by atoms with E-state index in [9.17, 15) is 23.1 Å². The molecule has 0 aliphatic rings. The van der Waals surface area contributed by atoms with Gasteiger partial charge in [-0.25, -0.2) is 9.48 Å². The van der Waals surface area contributed by atoms with Crippen LogP contribution in [0.2, 0.25) is 0 Å². The molecule has 1 aromatic carbocycles. The molecular weight excluding hydrogens is 293 g/mol. The fraction of sp³-hybridized carbons (Fsp3) is 0.0909. The van der Waals surface area contributed by atoms with Crippen molar-refractivity contribution in [1.29, 1.82) is 5.26 Å². The zero-order valence-corrected chi connectivity index (χ0v) is 9.96. The first-order chi connectivity index (χ1) is 9.75. The molecule has 21 heavy (non-hydrogen) atoms. The van der Waals surface area contributed by atoms with Crippen molar-refractivity contribution in [1.82, 2.24) is 15.0 Å². The van der Waals surface area contributed by atoms with Crippen LogP contribution in [-0.2, 0) is 6.18 Å². The number of rotatable bonds is 2. The van der Waals surface area contributed by atoms with E-state index in [1.54, 1.807) is 0 Å². The summed E-state index contributed by atoms with van der Waals surface area (Å²) < 4.78 is 39.1. The first-order valence-electron chi connectivity index (χ1n) is 5.25. The normalized spacial score (nSPS) is 11.1. The van der Waals surface area contributed by atoms with Crippen molar-refractivity contribution in [3.63, 3.8) is 0 Å². The Kier molecular flexibility index (Phi) is 3.26. The van der Waals surface area contributed by atoms with Crippen LogP contribution in [0.3, 0.4) is 0 Å². The number of phenols is 1. The highest BCUT2D eigenvalue weighted by atomic mass is 19.4. The fourth-order valence-corrected chi connectivity index (χ4v) is 1.62. The van der Waals surface area contributed by atoms with E-state index in [1.165, 1.54) is 6.07 Å². The van der Waals surface area contributed by atoms with Gasteiger partial charge in [-0.1, -0.05) is 5.21 Å². The van der Waals surface area contributed by atoms with Crippen LogP contribution in [-0.4, -0.2) is 31.2 Å². The fourth-order valence-electron chi connectivity index (χ4n) is 1.62. The van der Waals surface area contributed by atoms with E-state index in [-0.39, 0.29) is 5.69 Å². The minimum Gasteiger partial charge on any atom is -0.507 e. The largest absolute Gasteiger partial charge is 0.507 e. The van der Waals surface area contributed by atoms with E-state index >= 15 is 0 Å². The number of nitrogens with zero attached hydrogens (tertiary/aromatic N) is 4. The quantitative estimate of drug-likeness (QED) is 0.870. The molecule has 10 heteroatoms. The summed E-state index contributed by atoms with van der Waals surface area (Å²) >= 11 is 0.